The molecular weight excluding hydrogens is 739 g/mol. The first-order valence-corrected chi connectivity index (χ1v) is 19.2. The van der Waals surface area contributed by atoms with Crippen molar-refractivity contribution in [3.8, 4) is 5.75 Å². The molecular formula is C36H55N7O11S. The van der Waals surface area contributed by atoms with Crippen molar-refractivity contribution in [3.63, 3.8) is 0 Å². The first-order chi connectivity index (χ1) is 25.6. The quantitative estimate of drug-likeness (QED) is 0.0587. The summed E-state index contributed by atoms with van der Waals surface area (Å²) in [6.45, 7) is 17.5. The molecule has 0 bridgehead atoms. The van der Waals surface area contributed by atoms with Gasteiger partial charge >= 0.3 is 12.1 Å². The van der Waals surface area contributed by atoms with Gasteiger partial charge in [0.1, 0.15) is 35.6 Å². The summed E-state index contributed by atoms with van der Waals surface area (Å²) in [5, 5.41) is 14.7. The van der Waals surface area contributed by atoms with Crippen LogP contribution in [0.5, 0.6) is 5.75 Å². The lowest BCUT2D eigenvalue weighted by Gasteiger charge is -2.37. The molecule has 0 radical (unpaired) electrons. The normalized spacial score (nSPS) is 18.6. The third-order valence-electron chi connectivity index (χ3n) is 7.55. The molecule has 1 aromatic heterocycles. The molecule has 1 aromatic rings. The molecule has 2 aliphatic heterocycles. The summed E-state index contributed by atoms with van der Waals surface area (Å²) >= 11 is 1.12. The van der Waals surface area contributed by atoms with E-state index in [0.29, 0.717) is 13.0 Å². The first kappa shape index (κ1) is 44.6. The van der Waals surface area contributed by atoms with E-state index >= 15 is 0 Å². The van der Waals surface area contributed by atoms with E-state index < -0.39 is 70.1 Å². The van der Waals surface area contributed by atoms with E-state index in [1.165, 1.54) is 24.8 Å². The molecule has 3 rings (SSSR count). The second kappa shape index (κ2) is 19.2. The smallest absolute Gasteiger partial charge is 0.413 e. The molecule has 0 aromatic carbocycles. The second-order valence-electron chi connectivity index (χ2n) is 15.3. The number of alkyl carbamates (subject to hydrolysis) is 1. The maximum atomic E-state index is 13.8. The van der Waals surface area contributed by atoms with Crippen molar-refractivity contribution in [2.45, 2.75) is 130 Å². The minimum Gasteiger partial charge on any atom is -0.488 e. The summed E-state index contributed by atoms with van der Waals surface area (Å²) in [5.74, 6) is -2.59. The molecule has 3 atom stereocenters. The Morgan fingerprint density at radius 2 is 1.64 bits per heavy atom. The van der Waals surface area contributed by atoms with Crippen molar-refractivity contribution in [1.82, 2.24) is 26.0 Å². The lowest BCUT2D eigenvalue weighted by molar-refractivity contribution is -0.179. The van der Waals surface area contributed by atoms with Crippen LogP contribution < -0.4 is 36.3 Å². The minimum absolute atomic E-state index is 0.0456. The van der Waals surface area contributed by atoms with Crippen LogP contribution >= 0.6 is 11.8 Å². The third kappa shape index (κ3) is 13.8. The number of thioether (sulfide) groups is 1. The van der Waals surface area contributed by atoms with Crippen molar-refractivity contribution in [3.05, 3.63) is 28.2 Å². The fourth-order valence-corrected chi connectivity index (χ4v) is 5.53. The van der Waals surface area contributed by atoms with Crippen molar-refractivity contribution >= 4 is 52.4 Å². The maximum absolute atomic E-state index is 13.8. The van der Waals surface area contributed by atoms with Gasteiger partial charge in [0.25, 0.3) is 11.8 Å². The number of aliphatic imine (C=N–C) groups is 1. The fraction of sp³-hybridized carbons (Fsp3) is 0.667. The number of amidine groups is 1. The lowest BCUT2D eigenvalue weighted by atomic mass is 9.98. The summed E-state index contributed by atoms with van der Waals surface area (Å²) in [7, 11) is 0. The van der Waals surface area contributed by atoms with Crippen LogP contribution in [-0.2, 0) is 28.7 Å². The first-order valence-electron chi connectivity index (χ1n) is 18.3. The van der Waals surface area contributed by atoms with Gasteiger partial charge in [-0.1, -0.05) is 43.6 Å². The molecule has 0 spiro atoms. The van der Waals surface area contributed by atoms with Gasteiger partial charge in [0, 0.05) is 18.4 Å². The number of esters is 1. The third-order valence-corrected chi connectivity index (χ3v) is 8.51. The van der Waals surface area contributed by atoms with Crippen LogP contribution in [0.25, 0.3) is 0 Å². The number of hydrogen-bond acceptors (Lipinski definition) is 14. The molecule has 18 nitrogen and oxygen atoms in total. The van der Waals surface area contributed by atoms with Crippen molar-refractivity contribution in [2.24, 2.45) is 10.1 Å². The van der Waals surface area contributed by atoms with Gasteiger partial charge in [0.15, 0.2) is 16.6 Å². The van der Waals surface area contributed by atoms with Crippen LogP contribution in [0.1, 0.15) is 105 Å². The molecule has 19 heteroatoms. The number of unbranched alkanes of at least 4 members (excludes halogenated alkanes) is 2. The van der Waals surface area contributed by atoms with E-state index in [-0.39, 0.29) is 41.2 Å². The van der Waals surface area contributed by atoms with Crippen LogP contribution in [0.4, 0.5) is 4.79 Å². The summed E-state index contributed by atoms with van der Waals surface area (Å²) in [4.78, 5) is 93.6. The van der Waals surface area contributed by atoms with Crippen LogP contribution in [0.3, 0.4) is 0 Å². The molecule has 1 fully saturated rings. The standard InChI is InChI=1S/C36H55N7O11S/c1-11-13-15-50-25-19-43(51-16-14-12-2)23(17-24(25)44)28(45)37-18-21-26(29(46)38-21)40-30(47)27(42-54-36(9,10)31(48)52-34(3,4)5)22-20-55-32(39-22)41-33(49)53-35(6,7)8/h17,19,21-22,26H,11-16,18,20H2,1-10H3,(H,37,45)(H,38,46)(H,40,47)(H,39,41,49)/b42-27-/t21-,22?,26+/m1/s1. The zero-order valence-electron chi connectivity index (χ0n) is 33.3. The number of ether oxygens (including phenoxy) is 3. The number of nitrogens with one attached hydrogen (secondary N) is 4. The van der Waals surface area contributed by atoms with Gasteiger partial charge in [-0.05, 0) is 68.2 Å². The SMILES string of the molecule is CCCCOc1cn(OCCCC)c(C(=O)NC[C@H]2NC(=O)[C@H]2NC(=O)/C(=N\OC(C)(C)C(=O)OC(C)(C)C)C2CSC(NC(=O)OC(C)(C)C)=N2)cc1=O. The highest BCUT2D eigenvalue weighted by molar-refractivity contribution is 8.14. The number of oxime groups is 1. The van der Waals surface area contributed by atoms with Crippen LogP contribution in [0.15, 0.2) is 27.2 Å². The van der Waals surface area contributed by atoms with Gasteiger partial charge in [-0.25, -0.2) is 9.59 Å². The molecule has 0 aliphatic carbocycles. The van der Waals surface area contributed by atoms with Gasteiger partial charge in [0.2, 0.25) is 16.9 Å². The Labute approximate surface area is 325 Å². The Balaban J connectivity index is 1.79. The largest absolute Gasteiger partial charge is 0.488 e. The van der Waals surface area contributed by atoms with Gasteiger partial charge in [-0.3, -0.25) is 29.5 Å². The Morgan fingerprint density at radius 1 is 0.982 bits per heavy atom. The summed E-state index contributed by atoms with van der Waals surface area (Å²) in [6.07, 6.45) is 3.75. The number of carbonyl (C=O) groups is 5. The number of aromatic nitrogens is 1. The molecule has 0 saturated carbocycles. The number of amides is 4. The molecule has 4 N–H and O–H groups in total. The molecule has 3 heterocycles. The molecule has 306 valence electrons. The topological polar surface area (TPSA) is 226 Å². The lowest BCUT2D eigenvalue weighted by Crippen LogP contribution is -2.72. The predicted molar refractivity (Wildman–Crippen MR) is 205 cm³/mol. The van der Waals surface area contributed by atoms with E-state index in [9.17, 15) is 28.8 Å². The van der Waals surface area contributed by atoms with Crippen molar-refractivity contribution in [1.29, 1.82) is 0 Å². The zero-order valence-corrected chi connectivity index (χ0v) is 34.1. The minimum atomic E-state index is -1.63. The highest BCUT2D eigenvalue weighted by Gasteiger charge is 2.43. The van der Waals surface area contributed by atoms with Gasteiger partial charge in [-0.15, -0.1) is 0 Å². The Kier molecular flexibility index (Phi) is 15.5. The van der Waals surface area contributed by atoms with E-state index in [1.54, 1.807) is 41.5 Å². The zero-order chi connectivity index (χ0) is 41.1. The number of pyridine rings is 1. The number of carbonyl (C=O) groups excluding carboxylic acids is 5. The second-order valence-corrected chi connectivity index (χ2v) is 16.4. The van der Waals surface area contributed by atoms with Gasteiger partial charge in [-0.2, -0.15) is 4.73 Å². The van der Waals surface area contributed by atoms with Gasteiger partial charge < -0.3 is 39.8 Å². The van der Waals surface area contributed by atoms with E-state index in [2.05, 4.69) is 31.4 Å². The number of hydrogen-bond donors (Lipinski definition) is 4. The van der Waals surface area contributed by atoms with Crippen molar-refractivity contribution in [2.75, 3.05) is 25.5 Å². The molecule has 1 unspecified atom stereocenters. The number of rotatable bonds is 17. The van der Waals surface area contributed by atoms with Crippen LogP contribution in [0.2, 0.25) is 0 Å². The van der Waals surface area contributed by atoms with E-state index in [1.807, 2.05) is 13.8 Å². The molecule has 1 saturated heterocycles. The Bertz CT molecular complexity index is 1700. The molecule has 4 amide bonds. The van der Waals surface area contributed by atoms with E-state index in [4.69, 9.17) is 23.9 Å². The average Bonchev–Trinajstić information content (AvgIpc) is 3.52. The molecule has 2 aliphatic rings. The highest BCUT2D eigenvalue weighted by Crippen LogP contribution is 2.22. The van der Waals surface area contributed by atoms with E-state index in [0.717, 1.165) is 37.1 Å². The highest BCUT2D eigenvalue weighted by atomic mass is 32.2. The van der Waals surface area contributed by atoms with Gasteiger partial charge in [0.05, 0.1) is 18.8 Å². The predicted octanol–water partition coefficient (Wildman–Crippen LogP) is 2.46. The van der Waals surface area contributed by atoms with Crippen molar-refractivity contribution < 1.29 is 47.9 Å². The summed E-state index contributed by atoms with van der Waals surface area (Å²) in [5.41, 5.74) is -4.10. The Hall–Kier alpha value is -4.81. The molecule has 55 heavy (non-hydrogen) atoms. The fourth-order valence-electron chi connectivity index (χ4n) is 4.63. The Morgan fingerprint density at radius 3 is 2.25 bits per heavy atom. The summed E-state index contributed by atoms with van der Waals surface area (Å²) < 4.78 is 17.5. The van der Waals surface area contributed by atoms with Crippen LogP contribution in [-0.4, -0.2) is 106 Å². The van der Waals surface area contributed by atoms with Crippen LogP contribution in [0, 0.1) is 0 Å². The maximum Gasteiger partial charge on any atom is 0.413 e. The average molecular weight is 794 g/mol. The number of β-lactam (4-membered cyclic amide) rings is 1. The number of nitrogens with zero attached hydrogens (tertiary/aromatic N) is 3. The summed E-state index contributed by atoms with van der Waals surface area (Å²) in [6, 6.07) is -1.73. The monoisotopic (exact) mass is 793 g/mol.